The van der Waals surface area contributed by atoms with Crippen LogP contribution >= 0.6 is 0 Å². The first kappa shape index (κ1) is 23.5. The van der Waals surface area contributed by atoms with E-state index in [1.54, 1.807) is 0 Å². The molecule has 0 aromatic heterocycles. The lowest BCUT2D eigenvalue weighted by molar-refractivity contribution is -0.132. The fourth-order valence-electron chi connectivity index (χ4n) is 5.76. The number of piperidine rings is 1. The molecular formula is C26H41N3O3. The zero-order chi connectivity index (χ0) is 22.7. The highest BCUT2D eigenvalue weighted by Gasteiger charge is 2.43. The van der Waals surface area contributed by atoms with Gasteiger partial charge in [0.2, 0.25) is 5.91 Å². The summed E-state index contributed by atoms with van der Waals surface area (Å²) in [5.41, 5.74) is 2.49. The summed E-state index contributed by atoms with van der Waals surface area (Å²) in [4.78, 5) is 19.4. The monoisotopic (exact) mass is 443 g/mol. The van der Waals surface area contributed by atoms with Crippen LogP contribution in [0.1, 0.15) is 50.5 Å². The van der Waals surface area contributed by atoms with Crippen molar-refractivity contribution in [3.63, 3.8) is 0 Å². The molecule has 4 rings (SSSR count). The Bertz CT molecular complexity index is 750. The molecule has 6 nitrogen and oxygen atoms in total. The number of likely N-dealkylation sites (N-methyl/N-ethyl adjacent to an activating group) is 1. The number of aliphatic hydroxyl groups excluding tert-OH is 1. The third kappa shape index (κ3) is 5.64. The maximum atomic E-state index is 12.9. The summed E-state index contributed by atoms with van der Waals surface area (Å²) >= 11 is 0. The van der Waals surface area contributed by atoms with Crippen LogP contribution in [0.5, 0.6) is 0 Å². The Labute approximate surface area is 193 Å². The Morgan fingerprint density at radius 3 is 2.38 bits per heavy atom. The maximum Gasteiger partial charge on any atom is 0.226 e. The van der Waals surface area contributed by atoms with Gasteiger partial charge in [0.1, 0.15) is 0 Å². The average Bonchev–Trinajstić information content (AvgIpc) is 3.16. The van der Waals surface area contributed by atoms with Gasteiger partial charge in [-0.3, -0.25) is 4.79 Å². The van der Waals surface area contributed by atoms with Crippen molar-refractivity contribution in [3.05, 3.63) is 29.8 Å². The second-order valence-corrected chi connectivity index (χ2v) is 10.7. The SMILES string of the molecule is CN(C)c1ccc(CC(=O)N2CCC3(CC2)CO[C@@H](CN(C)C2CCC(O)CC2)C3)cc1. The van der Waals surface area contributed by atoms with Crippen LogP contribution in [0.2, 0.25) is 0 Å². The van der Waals surface area contributed by atoms with Crippen molar-refractivity contribution >= 4 is 11.6 Å². The van der Waals surface area contributed by atoms with E-state index in [2.05, 4.69) is 46.0 Å². The van der Waals surface area contributed by atoms with Crippen LogP contribution in [0.4, 0.5) is 5.69 Å². The molecule has 1 atom stereocenters. The highest BCUT2D eigenvalue weighted by atomic mass is 16.5. The van der Waals surface area contributed by atoms with Crippen LogP contribution in [0.3, 0.4) is 0 Å². The van der Waals surface area contributed by atoms with Crippen LogP contribution in [-0.4, -0.2) is 86.4 Å². The molecule has 1 N–H and O–H groups in total. The Hall–Kier alpha value is -1.63. The number of anilines is 1. The van der Waals surface area contributed by atoms with Gasteiger partial charge in [-0.15, -0.1) is 0 Å². The molecule has 1 spiro atoms. The van der Waals surface area contributed by atoms with Crippen molar-refractivity contribution in [2.75, 3.05) is 52.3 Å². The Morgan fingerprint density at radius 1 is 1.09 bits per heavy atom. The first-order valence-corrected chi connectivity index (χ1v) is 12.4. The first-order chi connectivity index (χ1) is 15.3. The molecule has 0 radical (unpaired) electrons. The second kappa shape index (κ2) is 10.1. The van der Waals surface area contributed by atoms with E-state index in [-0.39, 0.29) is 17.4 Å². The molecule has 3 aliphatic rings. The van der Waals surface area contributed by atoms with E-state index >= 15 is 0 Å². The lowest BCUT2D eigenvalue weighted by atomic mass is 9.76. The largest absolute Gasteiger partial charge is 0.393 e. The minimum absolute atomic E-state index is 0.101. The lowest BCUT2D eigenvalue weighted by Gasteiger charge is -2.39. The minimum atomic E-state index is -0.101. The molecule has 1 aliphatic carbocycles. The molecule has 2 aliphatic heterocycles. The smallest absolute Gasteiger partial charge is 0.226 e. The van der Waals surface area contributed by atoms with Gasteiger partial charge >= 0.3 is 0 Å². The van der Waals surface area contributed by atoms with E-state index in [9.17, 15) is 9.90 Å². The van der Waals surface area contributed by atoms with Gasteiger partial charge in [-0.05, 0) is 75.1 Å². The molecule has 1 saturated carbocycles. The number of hydrogen-bond donors (Lipinski definition) is 1. The van der Waals surface area contributed by atoms with Crippen molar-refractivity contribution < 1.29 is 14.6 Å². The number of aliphatic hydroxyl groups is 1. The molecule has 1 amide bonds. The van der Waals surface area contributed by atoms with Gasteiger partial charge in [0, 0.05) is 45.5 Å². The molecule has 1 aromatic rings. The number of amides is 1. The lowest BCUT2D eigenvalue weighted by Crippen LogP contribution is -2.44. The summed E-state index contributed by atoms with van der Waals surface area (Å²) < 4.78 is 6.25. The number of nitrogens with zero attached hydrogens (tertiary/aromatic N) is 3. The van der Waals surface area contributed by atoms with Crippen LogP contribution in [0.25, 0.3) is 0 Å². The van der Waals surface area contributed by atoms with Gasteiger partial charge in [0.05, 0.1) is 25.2 Å². The zero-order valence-electron chi connectivity index (χ0n) is 20.1. The molecule has 6 heteroatoms. The van der Waals surface area contributed by atoms with Crippen molar-refractivity contribution in [3.8, 4) is 0 Å². The predicted octanol–water partition coefficient (Wildman–Crippen LogP) is 2.93. The fraction of sp³-hybridized carbons (Fsp3) is 0.731. The summed E-state index contributed by atoms with van der Waals surface area (Å²) in [7, 11) is 6.27. The van der Waals surface area contributed by atoms with E-state index in [1.807, 2.05) is 14.1 Å². The number of carbonyl (C=O) groups excluding carboxylic acids is 1. The fourth-order valence-corrected chi connectivity index (χ4v) is 5.76. The van der Waals surface area contributed by atoms with Crippen LogP contribution in [-0.2, 0) is 16.0 Å². The number of rotatable bonds is 6. The van der Waals surface area contributed by atoms with Crippen LogP contribution in [0, 0.1) is 5.41 Å². The third-order valence-electron chi connectivity index (χ3n) is 8.05. The highest BCUT2D eigenvalue weighted by molar-refractivity contribution is 5.79. The topological polar surface area (TPSA) is 56.2 Å². The van der Waals surface area contributed by atoms with Gasteiger partial charge in [0.15, 0.2) is 0 Å². The summed E-state index contributed by atoms with van der Waals surface area (Å²) in [5.74, 6) is 0.243. The normalized spacial score (nSPS) is 27.8. The Balaban J connectivity index is 1.22. The molecule has 3 fully saturated rings. The number of benzene rings is 1. The highest BCUT2D eigenvalue weighted by Crippen LogP contribution is 2.42. The molecule has 178 valence electrons. The van der Waals surface area contributed by atoms with Gasteiger partial charge in [0.25, 0.3) is 0 Å². The predicted molar refractivity (Wildman–Crippen MR) is 128 cm³/mol. The summed E-state index contributed by atoms with van der Waals surface area (Å²) in [6, 6.07) is 8.87. The van der Waals surface area contributed by atoms with Gasteiger partial charge in [-0.25, -0.2) is 0 Å². The van der Waals surface area contributed by atoms with Crippen molar-refractivity contribution in [2.45, 2.75) is 69.6 Å². The summed E-state index contributed by atoms with van der Waals surface area (Å²) in [5, 5.41) is 9.76. The van der Waals surface area contributed by atoms with E-state index in [0.29, 0.717) is 18.6 Å². The molecular weight excluding hydrogens is 402 g/mol. The molecule has 2 saturated heterocycles. The number of likely N-dealkylation sites (tertiary alicyclic amines) is 1. The zero-order valence-corrected chi connectivity index (χ0v) is 20.1. The second-order valence-electron chi connectivity index (χ2n) is 10.7. The van der Waals surface area contributed by atoms with Crippen molar-refractivity contribution in [1.29, 1.82) is 0 Å². The van der Waals surface area contributed by atoms with E-state index in [1.165, 1.54) is 0 Å². The molecule has 0 unspecified atom stereocenters. The summed E-state index contributed by atoms with van der Waals surface area (Å²) in [6.07, 6.45) is 7.92. The number of carbonyl (C=O) groups is 1. The molecule has 2 heterocycles. The molecule has 0 bridgehead atoms. The quantitative estimate of drug-likeness (QED) is 0.733. The van der Waals surface area contributed by atoms with E-state index in [4.69, 9.17) is 4.74 Å². The minimum Gasteiger partial charge on any atom is -0.393 e. The molecule has 1 aromatic carbocycles. The third-order valence-corrected chi connectivity index (χ3v) is 8.05. The number of hydrogen-bond acceptors (Lipinski definition) is 5. The van der Waals surface area contributed by atoms with E-state index in [0.717, 1.165) is 82.4 Å². The van der Waals surface area contributed by atoms with Crippen molar-refractivity contribution in [1.82, 2.24) is 9.80 Å². The van der Waals surface area contributed by atoms with E-state index < -0.39 is 0 Å². The van der Waals surface area contributed by atoms with Gasteiger partial charge in [-0.2, -0.15) is 0 Å². The van der Waals surface area contributed by atoms with Crippen LogP contribution in [0.15, 0.2) is 24.3 Å². The maximum absolute atomic E-state index is 12.9. The standard InChI is InChI=1S/C26H41N3O3/c1-27(2)21-6-4-20(5-7-21)16-25(31)29-14-12-26(13-15-29)17-24(32-19-26)18-28(3)22-8-10-23(30)11-9-22/h4-7,22-24,30H,8-19H2,1-3H3/t22?,23?,24-/m1/s1. The Morgan fingerprint density at radius 2 is 1.75 bits per heavy atom. The Kier molecular flexibility index (Phi) is 7.43. The summed E-state index contributed by atoms with van der Waals surface area (Å²) in [6.45, 7) is 3.51. The molecule has 32 heavy (non-hydrogen) atoms. The van der Waals surface area contributed by atoms with Gasteiger partial charge < -0.3 is 24.5 Å². The first-order valence-electron chi connectivity index (χ1n) is 12.4. The number of ether oxygens (including phenoxy) is 1. The van der Waals surface area contributed by atoms with Crippen molar-refractivity contribution in [2.24, 2.45) is 5.41 Å². The average molecular weight is 444 g/mol. The van der Waals surface area contributed by atoms with Gasteiger partial charge in [-0.1, -0.05) is 12.1 Å². The van der Waals surface area contributed by atoms with Crippen LogP contribution < -0.4 is 4.90 Å².